The molecule has 1 rings (SSSR count). The van der Waals surface area contributed by atoms with Gasteiger partial charge in [0.15, 0.2) is 5.56 Å². The van der Waals surface area contributed by atoms with Crippen molar-refractivity contribution in [2.24, 2.45) is 0 Å². The number of hydrogen-bond donors (Lipinski definition) is 1. The Morgan fingerprint density at radius 2 is 2.12 bits per heavy atom. The number of aromatic carboxylic acids is 1. The van der Waals surface area contributed by atoms with E-state index in [0.717, 1.165) is 0 Å². The van der Waals surface area contributed by atoms with Crippen LogP contribution in [0.4, 0.5) is 18.9 Å². The average molecular weight is 236 g/mol. The van der Waals surface area contributed by atoms with Crippen LogP contribution in [-0.2, 0) is 0 Å². The summed E-state index contributed by atoms with van der Waals surface area (Å²) in [4.78, 5) is 22.3. The molecule has 1 N–H and O–H groups in total. The first-order chi connectivity index (χ1) is 7.36. The van der Waals surface area contributed by atoms with Crippen molar-refractivity contribution >= 4 is 11.7 Å². The largest absolute Gasteiger partial charge is 0.477 e. The number of nitrogens with zero attached hydrogens (tertiary/aromatic N) is 2. The first kappa shape index (κ1) is 11.9. The summed E-state index contributed by atoms with van der Waals surface area (Å²) in [6.07, 6.45) is -3.04. The van der Waals surface area contributed by atoms with E-state index in [0.29, 0.717) is 6.20 Å². The second-order valence-electron chi connectivity index (χ2n) is 2.58. The smallest absolute Gasteiger partial charge is 0.344 e. The number of nitro groups is 1. The molecule has 1 heterocycles. The number of aromatic nitrogens is 1. The third-order valence-electron chi connectivity index (χ3n) is 1.64. The van der Waals surface area contributed by atoms with Crippen molar-refractivity contribution < 1.29 is 28.0 Å². The zero-order chi connectivity index (χ0) is 12.5. The van der Waals surface area contributed by atoms with Crippen LogP contribution in [0, 0.1) is 15.9 Å². The Bertz CT molecular complexity index is 463. The number of pyridine rings is 1. The number of alkyl halides is 2. The summed E-state index contributed by atoms with van der Waals surface area (Å²) in [6, 6.07) is 0. The molecule has 0 aliphatic heterocycles. The van der Waals surface area contributed by atoms with Gasteiger partial charge in [0.25, 0.3) is 6.43 Å². The summed E-state index contributed by atoms with van der Waals surface area (Å²) < 4.78 is 37.4. The van der Waals surface area contributed by atoms with Crippen LogP contribution in [0.1, 0.15) is 22.5 Å². The monoisotopic (exact) mass is 236 g/mol. The maximum Gasteiger partial charge on any atom is 0.344 e. The summed E-state index contributed by atoms with van der Waals surface area (Å²) in [5.41, 5.74) is -4.04. The van der Waals surface area contributed by atoms with Gasteiger partial charge in [-0.2, -0.15) is 4.39 Å². The first-order valence-electron chi connectivity index (χ1n) is 3.70. The summed E-state index contributed by atoms with van der Waals surface area (Å²) in [5.74, 6) is -3.75. The predicted octanol–water partition coefficient (Wildman–Crippen LogP) is 1.76. The molecule has 0 aliphatic rings. The SMILES string of the molecule is O=C(O)c1cnc(C(F)F)c(F)c1[N+](=O)[O-]. The third-order valence-corrected chi connectivity index (χ3v) is 1.64. The topological polar surface area (TPSA) is 93.3 Å². The van der Waals surface area contributed by atoms with Crippen LogP contribution in [0.25, 0.3) is 0 Å². The summed E-state index contributed by atoms with van der Waals surface area (Å²) in [6.45, 7) is 0. The van der Waals surface area contributed by atoms with Crippen LogP contribution in [-0.4, -0.2) is 21.0 Å². The second kappa shape index (κ2) is 4.13. The van der Waals surface area contributed by atoms with Crippen molar-refractivity contribution in [3.05, 3.63) is 33.4 Å². The number of halogens is 3. The Morgan fingerprint density at radius 3 is 2.50 bits per heavy atom. The molecule has 0 fully saturated rings. The molecule has 0 radical (unpaired) electrons. The first-order valence-corrected chi connectivity index (χ1v) is 3.70. The molecule has 9 heteroatoms. The minimum absolute atomic E-state index is 0.324. The molecule has 0 atom stereocenters. The molecule has 1 aromatic rings. The van der Waals surface area contributed by atoms with Gasteiger partial charge in [-0.1, -0.05) is 0 Å². The maximum atomic E-state index is 13.1. The molecular formula is C7H3F3N2O4. The molecule has 0 aliphatic carbocycles. The predicted molar refractivity (Wildman–Crippen MR) is 42.8 cm³/mol. The van der Waals surface area contributed by atoms with Gasteiger partial charge in [-0.3, -0.25) is 15.1 Å². The van der Waals surface area contributed by atoms with Gasteiger partial charge in [-0.15, -0.1) is 0 Å². The van der Waals surface area contributed by atoms with E-state index >= 15 is 0 Å². The molecule has 86 valence electrons. The van der Waals surface area contributed by atoms with E-state index in [-0.39, 0.29) is 0 Å². The van der Waals surface area contributed by atoms with Crippen molar-refractivity contribution in [1.82, 2.24) is 4.98 Å². The highest BCUT2D eigenvalue weighted by atomic mass is 19.3. The molecule has 0 saturated carbocycles. The van der Waals surface area contributed by atoms with Crippen LogP contribution in [0.5, 0.6) is 0 Å². The zero-order valence-electron chi connectivity index (χ0n) is 7.35. The number of hydrogen-bond acceptors (Lipinski definition) is 4. The van der Waals surface area contributed by atoms with Crippen LogP contribution < -0.4 is 0 Å². The fraction of sp³-hybridized carbons (Fsp3) is 0.143. The van der Waals surface area contributed by atoms with E-state index in [1.807, 2.05) is 0 Å². The molecule has 1 aromatic heterocycles. The lowest BCUT2D eigenvalue weighted by Crippen LogP contribution is -2.09. The fourth-order valence-corrected chi connectivity index (χ4v) is 0.979. The maximum absolute atomic E-state index is 13.1. The van der Waals surface area contributed by atoms with Gasteiger partial charge >= 0.3 is 11.7 Å². The number of rotatable bonds is 3. The van der Waals surface area contributed by atoms with E-state index < -0.39 is 40.1 Å². The van der Waals surface area contributed by atoms with Gasteiger partial charge in [0, 0.05) is 6.20 Å². The Labute approximate surface area is 85.5 Å². The molecule has 0 aromatic carbocycles. The molecule has 0 bridgehead atoms. The number of carboxylic acids is 1. The Morgan fingerprint density at radius 1 is 1.56 bits per heavy atom. The van der Waals surface area contributed by atoms with Gasteiger partial charge in [0.05, 0.1) is 4.92 Å². The van der Waals surface area contributed by atoms with Gasteiger partial charge in [0.2, 0.25) is 5.82 Å². The van der Waals surface area contributed by atoms with Crippen LogP contribution in [0.15, 0.2) is 6.20 Å². The zero-order valence-corrected chi connectivity index (χ0v) is 7.35. The summed E-state index contributed by atoms with van der Waals surface area (Å²) in [5, 5.41) is 18.8. The lowest BCUT2D eigenvalue weighted by Gasteiger charge is -2.03. The van der Waals surface area contributed by atoms with Crippen LogP contribution in [0.2, 0.25) is 0 Å². The highest BCUT2D eigenvalue weighted by Gasteiger charge is 2.31. The van der Waals surface area contributed by atoms with Gasteiger partial charge < -0.3 is 5.11 Å². The second-order valence-corrected chi connectivity index (χ2v) is 2.58. The lowest BCUT2D eigenvalue weighted by atomic mass is 10.2. The molecular weight excluding hydrogens is 233 g/mol. The summed E-state index contributed by atoms with van der Waals surface area (Å²) in [7, 11) is 0. The molecule has 0 unspecified atom stereocenters. The highest BCUT2D eigenvalue weighted by molar-refractivity contribution is 5.92. The van der Waals surface area contributed by atoms with Gasteiger partial charge in [-0.25, -0.2) is 13.6 Å². The number of carboxylic acid groups (broad SMARTS) is 1. The van der Waals surface area contributed by atoms with Crippen molar-refractivity contribution in [1.29, 1.82) is 0 Å². The molecule has 16 heavy (non-hydrogen) atoms. The summed E-state index contributed by atoms with van der Waals surface area (Å²) >= 11 is 0. The highest BCUT2D eigenvalue weighted by Crippen LogP contribution is 2.29. The number of carbonyl (C=O) groups is 1. The van der Waals surface area contributed by atoms with E-state index in [9.17, 15) is 28.1 Å². The Hall–Kier alpha value is -2.19. The van der Waals surface area contributed by atoms with Crippen molar-refractivity contribution in [2.75, 3.05) is 0 Å². The Kier molecular flexibility index (Phi) is 3.06. The molecule has 6 nitrogen and oxygen atoms in total. The van der Waals surface area contributed by atoms with E-state index in [1.54, 1.807) is 0 Å². The molecule has 0 amide bonds. The van der Waals surface area contributed by atoms with E-state index in [4.69, 9.17) is 5.11 Å². The van der Waals surface area contributed by atoms with Gasteiger partial charge in [-0.05, 0) is 0 Å². The quantitative estimate of drug-likeness (QED) is 0.637. The lowest BCUT2D eigenvalue weighted by molar-refractivity contribution is -0.388. The fourth-order valence-electron chi connectivity index (χ4n) is 0.979. The minimum Gasteiger partial charge on any atom is -0.477 e. The van der Waals surface area contributed by atoms with E-state index in [2.05, 4.69) is 4.98 Å². The van der Waals surface area contributed by atoms with E-state index in [1.165, 1.54) is 0 Å². The van der Waals surface area contributed by atoms with Crippen molar-refractivity contribution in [3.8, 4) is 0 Å². The standard InChI is InChI=1S/C7H3F3N2O4/c8-3-4(6(9)10)11-1-2(7(13)14)5(3)12(15)16/h1,6H,(H,13,14). The Balaban J connectivity index is 3.54. The van der Waals surface area contributed by atoms with Gasteiger partial charge in [0.1, 0.15) is 5.69 Å². The molecule has 0 saturated heterocycles. The van der Waals surface area contributed by atoms with Crippen LogP contribution >= 0.6 is 0 Å². The van der Waals surface area contributed by atoms with Crippen LogP contribution in [0.3, 0.4) is 0 Å². The van der Waals surface area contributed by atoms with Crippen molar-refractivity contribution in [2.45, 2.75) is 6.43 Å². The normalized spacial score (nSPS) is 10.5. The van der Waals surface area contributed by atoms with Crippen molar-refractivity contribution in [3.63, 3.8) is 0 Å². The average Bonchev–Trinajstić information content (AvgIpc) is 2.15. The molecule has 0 spiro atoms. The third kappa shape index (κ3) is 1.92. The minimum atomic E-state index is -3.36.